The van der Waals surface area contributed by atoms with Gasteiger partial charge in [0.1, 0.15) is 0 Å². The molecular formula is C7H13NO2S. The molecule has 0 amide bonds. The van der Waals surface area contributed by atoms with Gasteiger partial charge in [0.2, 0.25) is 0 Å². The molecule has 0 aliphatic heterocycles. The highest BCUT2D eigenvalue weighted by Crippen LogP contribution is 2.11. The summed E-state index contributed by atoms with van der Waals surface area (Å²) in [6.45, 7) is 3.94. The van der Waals surface area contributed by atoms with Gasteiger partial charge >= 0.3 is 0 Å². The first-order valence-corrected chi connectivity index (χ1v) is 4.71. The number of hydrogen-bond acceptors (Lipinski definition) is 2. The first-order chi connectivity index (χ1) is 5.07. The summed E-state index contributed by atoms with van der Waals surface area (Å²) in [4.78, 5) is 0. The zero-order valence-corrected chi connectivity index (χ0v) is 7.60. The predicted molar refractivity (Wildman–Crippen MR) is 44.2 cm³/mol. The van der Waals surface area contributed by atoms with E-state index >= 15 is 0 Å². The third-order valence-electron chi connectivity index (χ3n) is 1.34. The Hall–Kier alpha value is -0.400. The fourth-order valence-electron chi connectivity index (χ4n) is 0.865. The van der Waals surface area contributed by atoms with Crippen molar-refractivity contribution in [3.8, 4) is 6.07 Å². The zero-order valence-electron chi connectivity index (χ0n) is 6.78. The Labute approximate surface area is 69.7 Å². The Morgan fingerprint density at radius 2 is 2.18 bits per heavy atom. The van der Waals surface area contributed by atoms with Crippen molar-refractivity contribution in [2.75, 3.05) is 0 Å². The highest BCUT2D eigenvalue weighted by Gasteiger charge is 2.15. The molecule has 0 saturated carbocycles. The molecule has 2 atom stereocenters. The lowest BCUT2D eigenvalue weighted by Crippen LogP contribution is -2.16. The minimum absolute atomic E-state index is 0.168. The Kier molecular flexibility index (Phi) is 5.08. The zero-order chi connectivity index (χ0) is 8.85. The van der Waals surface area contributed by atoms with E-state index in [1.54, 1.807) is 0 Å². The van der Waals surface area contributed by atoms with Gasteiger partial charge in [0.15, 0.2) is 11.1 Å². The van der Waals surface area contributed by atoms with Gasteiger partial charge in [-0.1, -0.05) is 13.8 Å². The van der Waals surface area contributed by atoms with E-state index in [0.717, 1.165) is 0 Å². The summed E-state index contributed by atoms with van der Waals surface area (Å²) < 4.78 is 19.3. The maximum Gasteiger partial charge on any atom is 0.157 e. The van der Waals surface area contributed by atoms with Gasteiger partial charge in [0, 0.05) is 0 Å². The first kappa shape index (κ1) is 10.6. The van der Waals surface area contributed by atoms with Crippen LogP contribution in [-0.2, 0) is 11.1 Å². The van der Waals surface area contributed by atoms with Gasteiger partial charge in [-0.3, -0.25) is 0 Å². The lowest BCUT2D eigenvalue weighted by Gasteiger charge is -2.10. The largest absolute Gasteiger partial charge is 0.306 e. The molecule has 0 aromatic carbocycles. The van der Waals surface area contributed by atoms with Crippen molar-refractivity contribution in [3.05, 3.63) is 0 Å². The molecule has 4 heteroatoms. The summed E-state index contributed by atoms with van der Waals surface area (Å²) in [6, 6.07) is 1.90. The van der Waals surface area contributed by atoms with Crippen LogP contribution in [0.15, 0.2) is 0 Å². The highest BCUT2D eigenvalue weighted by molar-refractivity contribution is 7.79. The van der Waals surface area contributed by atoms with Gasteiger partial charge in [-0.2, -0.15) is 5.26 Å². The molecule has 0 aromatic heterocycles. The summed E-state index contributed by atoms with van der Waals surface area (Å²) >= 11 is -1.85. The third kappa shape index (κ3) is 4.93. The molecule has 1 N–H and O–H groups in total. The molecule has 0 aromatic rings. The summed E-state index contributed by atoms with van der Waals surface area (Å²) in [6.07, 6.45) is 0.804. The number of hydrogen-bond donors (Lipinski definition) is 1. The lowest BCUT2D eigenvalue weighted by atomic mass is 10.1. The van der Waals surface area contributed by atoms with E-state index < -0.39 is 11.1 Å². The van der Waals surface area contributed by atoms with E-state index in [4.69, 9.17) is 9.81 Å². The van der Waals surface area contributed by atoms with Crippen LogP contribution < -0.4 is 0 Å². The molecular weight excluding hydrogens is 162 g/mol. The van der Waals surface area contributed by atoms with Crippen LogP contribution in [0.5, 0.6) is 0 Å². The fourth-order valence-corrected chi connectivity index (χ4v) is 1.63. The van der Waals surface area contributed by atoms with Crippen LogP contribution in [0.2, 0.25) is 0 Å². The minimum Gasteiger partial charge on any atom is -0.306 e. The van der Waals surface area contributed by atoms with Crippen LogP contribution in [-0.4, -0.2) is 14.0 Å². The van der Waals surface area contributed by atoms with Crippen LogP contribution in [0.1, 0.15) is 26.7 Å². The normalized spacial score (nSPS) is 15.9. The summed E-state index contributed by atoms with van der Waals surface area (Å²) in [5, 5.41) is 7.93. The van der Waals surface area contributed by atoms with Crippen LogP contribution >= 0.6 is 0 Å². The molecule has 0 spiro atoms. The molecule has 0 bridgehead atoms. The standard InChI is InChI=1S/C7H13NO2S/c1-6(2)5-7(3-4-8)11(9)10/h6-7H,3,5H2,1-2H3,(H,9,10). The van der Waals surface area contributed by atoms with Crippen molar-refractivity contribution in [2.45, 2.75) is 31.9 Å². The minimum atomic E-state index is -1.85. The molecule has 11 heavy (non-hydrogen) atoms. The van der Waals surface area contributed by atoms with Gasteiger partial charge in [-0.15, -0.1) is 0 Å². The molecule has 0 fully saturated rings. The average Bonchev–Trinajstić information content (AvgIpc) is 1.86. The summed E-state index contributed by atoms with van der Waals surface area (Å²) in [5.41, 5.74) is 0. The monoisotopic (exact) mass is 175 g/mol. The Morgan fingerprint density at radius 1 is 1.64 bits per heavy atom. The predicted octanol–water partition coefficient (Wildman–Crippen LogP) is 1.54. The van der Waals surface area contributed by atoms with Crippen molar-refractivity contribution >= 4 is 11.1 Å². The Bertz CT molecular complexity index is 174. The second-order valence-electron chi connectivity index (χ2n) is 2.89. The van der Waals surface area contributed by atoms with E-state index in [0.29, 0.717) is 12.3 Å². The molecule has 64 valence electrons. The lowest BCUT2D eigenvalue weighted by molar-refractivity contribution is 0.507. The molecule has 2 unspecified atom stereocenters. The van der Waals surface area contributed by atoms with Crippen molar-refractivity contribution in [1.82, 2.24) is 0 Å². The molecule has 0 saturated heterocycles. The van der Waals surface area contributed by atoms with E-state index in [1.807, 2.05) is 19.9 Å². The van der Waals surface area contributed by atoms with Gasteiger partial charge in [0.05, 0.1) is 17.7 Å². The van der Waals surface area contributed by atoms with E-state index in [-0.39, 0.29) is 11.7 Å². The Morgan fingerprint density at radius 3 is 2.45 bits per heavy atom. The topological polar surface area (TPSA) is 61.1 Å². The maximum absolute atomic E-state index is 10.6. The van der Waals surface area contributed by atoms with Gasteiger partial charge in [0.25, 0.3) is 0 Å². The van der Waals surface area contributed by atoms with Crippen LogP contribution in [0.4, 0.5) is 0 Å². The first-order valence-electron chi connectivity index (χ1n) is 3.54. The average molecular weight is 175 g/mol. The molecule has 0 heterocycles. The quantitative estimate of drug-likeness (QED) is 0.659. The number of nitriles is 1. The summed E-state index contributed by atoms with van der Waals surface area (Å²) in [5.74, 6) is 0.365. The third-order valence-corrected chi connectivity index (χ3v) is 2.27. The van der Waals surface area contributed by atoms with Gasteiger partial charge < -0.3 is 4.55 Å². The molecule has 0 rings (SSSR count). The summed E-state index contributed by atoms with van der Waals surface area (Å²) in [7, 11) is 0. The number of nitrogens with zero attached hydrogens (tertiary/aromatic N) is 1. The van der Waals surface area contributed by atoms with Crippen molar-refractivity contribution in [1.29, 1.82) is 5.26 Å². The SMILES string of the molecule is CC(C)CC(CC#N)S(=O)O. The van der Waals surface area contributed by atoms with E-state index in [1.165, 1.54) is 0 Å². The smallest absolute Gasteiger partial charge is 0.157 e. The van der Waals surface area contributed by atoms with Crippen molar-refractivity contribution < 1.29 is 8.76 Å². The molecule has 0 aliphatic carbocycles. The second kappa shape index (κ2) is 5.28. The Balaban J connectivity index is 3.92. The van der Waals surface area contributed by atoms with Crippen LogP contribution in [0, 0.1) is 17.2 Å². The molecule has 0 aliphatic rings. The fraction of sp³-hybridized carbons (Fsp3) is 0.857. The molecule has 0 radical (unpaired) electrons. The van der Waals surface area contributed by atoms with Crippen LogP contribution in [0.3, 0.4) is 0 Å². The highest BCUT2D eigenvalue weighted by atomic mass is 32.2. The molecule has 3 nitrogen and oxygen atoms in total. The second-order valence-corrected chi connectivity index (χ2v) is 4.11. The van der Waals surface area contributed by atoms with Crippen LogP contribution in [0.25, 0.3) is 0 Å². The van der Waals surface area contributed by atoms with E-state index in [2.05, 4.69) is 0 Å². The van der Waals surface area contributed by atoms with Gasteiger partial charge in [-0.25, -0.2) is 4.21 Å². The van der Waals surface area contributed by atoms with Crippen molar-refractivity contribution in [3.63, 3.8) is 0 Å². The van der Waals surface area contributed by atoms with Gasteiger partial charge in [-0.05, 0) is 12.3 Å². The van der Waals surface area contributed by atoms with E-state index in [9.17, 15) is 4.21 Å². The number of rotatable bonds is 4. The maximum atomic E-state index is 10.6. The van der Waals surface area contributed by atoms with Crippen molar-refractivity contribution in [2.24, 2.45) is 5.92 Å².